The van der Waals surface area contributed by atoms with Crippen LogP contribution in [-0.4, -0.2) is 77.0 Å². The third-order valence-electron chi connectivity index (χ3n) is 4.25. The summed E-state index contributed by atoms with van der Waals surface area (Å²) >= 11 is 0. The Morgan fingerprint density at radius 1 is 0.969 bits per heavy atom. The monoisotopic (exact) mass is 459 g/mol. The van der Waals surface area contributed by atoms with Crippen molar-refractivity contribution in [1.29, 1.82) is 0 Å². The van der Waals surface area contributed by atoms with Crippen LogP contribution in [0.15, 0.2) is 4.99 Å². The summed E-state index contributed by atoms with van der Waals surface area (Å²) in [6.07, 6.45) is -0.0183. The normalized spacial score (nSPS) is 13.4. The summed E-state index contributed by atoms with van der Waals surface area (Å²) < 4.78 is 0. The average molecular weight is 460 g/mol. The van der Waals surface area contributed by atoms with Crippen LogP contribution < -0.4 is 33.2 Å². The van der Waals surface area contributed by atoms with Crippen molar-refractivity contribution in [3.05, 3.63) is 0 Å². The van der Waals surface area contributed by atoms with Gasteiger partial charge < -0.3 is 43.4 Å². The number of carboxylic acid groups (broad SMARTS) is 2. The van der Waals surface area contributed by atoms with Gasteiger partial charge in [-0.3, -0.25) is 24.2 Å². The number of amides is 3. The smallest absolute Gasteiger partial charge is 0.326 e. The Balaban J connectivity index is 4.71. The maximum absolute atomic E-state index is 12.4. The lowest BCUT2D eigenvalue weighted by molar-refractivity contribution is -0.143. The fourth-order valence-electron chi connectivity index (χ4n) is 2.49. The molecule has 14 nitrogen and oxygen atoms in total. The first kappa shape index (κ1) is 28.6. The summed E-state index contributed by atoms with van der Waals surface area (Å²) in [5.41, 5.74) is 16.2. The van der Waals surface area contributed by atoms with E-state index in [1.54, 1.807) is 13.8 Å². The molecule has 0 aromatic rings. The van der Waals surface area contributed by atoms with Gasteiger partial charge in [-0.1, -0.05) is 13.8 Å². The number of carbonyl (C=O) groups excluding carboxylic acids is 3. The number of guanidine groups is 1. The van der Waals surface area contributed by atoms with Crippen molar-refractivity contribution in [3.8, 4) is 0 Å². The SMILES string of the molecule is CC(C)C(NC(=O)C(N)CCCN=C(N)N)C(=O)NCC(=O)NC(CCC(=O)O)C(=O)O. The molecule has 182 valence electrons. The average Bonchev–Trinajstić information content (AvgIpc) is 2.69. The number of carboxylic acids is 2. The molecule has 3 atom stereocenters. The highest BCUT2D eigenvalue weighted by atomic mass is 16.4. The zero-order valence-electron chi connectivity index (χ0n) is 18.2. The number of nitrogens with zero attached hydrogens (tertiary/aromatic N) is 1. The van der Waals surface area contributed by atoms with Gasteiger partial charge in [-0.2, -0.15) is 0 Å². The molecule has 14 heteroatoms. The Bertz CT molecular complexity index is 708. The van der Waals surface area contributed by atoms with E-state index in [-0.39, 0.29) is 24.7 Å². The molecule has 0 aliphatic carbocycles. The minimum Gasteiger partial charge on any atom is -0.481 e. The van der Waals surface area contributed by atoms with E-state index in [0.29, 0.717) is 13.0 Å². The summed E-state index contributed by atoms with van der Waals surface area (Å²) in [6, 6.07) is -3.29. The molecule has 0 saturated carbocycles. The van der Waals surface area contributed by atoms with Crippen LogP contribution in [0, 0.1) is 5.92 Å². The fourth-order valence-corrected chi connectivity index (χ4v) is 2.49. The third kappa shape index (κ3) is 12.3. The predicted octanol–water partition coefficient (Wildman–Crippen LogP) is -2.94. The molecule has 32 heavy (non-hydrogen) atoms. The van der Waals surface area contributed by atoms with E-state index in [2.05, 4.69) is 20.9 Å². The Labute approximate surface area is 185 Å². The zero-order chi connectivity index (χ0) is 24.8. The number of aliphatic carboxylic acids is 2. The lowest BCUT2D eigenvalue weighted by Gasteiger charge is -2.23. The van der Waals surface area contributed by atoms with Gasteiger partial charge in [-0.05, 0) is 25.2 Å². The topological polar surface area (TPSA) is 252 Å². The van der Waals surface area contributed by atoms with Crippen LogP contribution in [0.1, 0.15) is 39.5 Å². The van der Waals surface area contributed by atoms with Gasteiger partial charge in [-0.25, -0.2) is 4.79 Å². The molecule has 3 amide bonds. The molecule has 0 fully saturated rings. The molecule has 0 bridgehead atoms. The quantitative estimate of drug-likeness (QED) is 0.0702. The highest BCUT2D eigenvalue weighted by Gasteiger charge is 2.27. The van der Waals surface area contributed by atoms with Crippen molar-refractivity contribution in [3.63, 3.8) is 0 Å². The highest BCUT2D eigenvalue weighted by molar-refractivity contribution is 5.92. The second-order valence-electron chi connectivity index (χ2n) is 7.39. The minimum absolute atomic E-state index is 0.0693. The van der Waals surface area contributed by atoms with E-state index >= 15 is 0 Å². The highest BCUT2D eigenvalue weighted by Crippen LogP contribution is 2.04. The van der Waals surface area contributed by atoms with Crippen LogP contribution in [0.5, 0.6) is 0 Å². The number of nitrogens with one attached hydrogen (secondary N) is 3. The van der Waals surface area contributed by atoms with Crippen LogP contribution in [0.3, 0.4) is 0 Å². The molecule has 0 aromatic carbocycles. The maximum Gasteiger partial charge on any atom is 0.326 e. The second-order valence-corrected chi connectivity index (χ2v) is 7.39. The number of aliphatic imine (C=N–C) groups is 1. The van der Waals surface area contributed by atoms with Crippen molar-refractivity contribution < 1.29 is 34.2 Å². The first-order valence-corrected chi connectivity index (χ1v) is 9.98. The summed E-state index contributed by atoms with van der Waals surface area (Å²) in [5, 5.41) is 24.7. The number of hydrogen-bond acceptors (Lipinski definition) is 7. The number of hydrogen-bond donors (Lipinski definition) is 8. The van der Waals surface area contributed by atoms with Crippen LogP contribution in [0.4, 0.5) is 0 Å². The predicted molar refractivity (Wildman–Crippen MR) is 114 cm³/mol. The molecule has 0 aliphatic heterocycles. The van der Waals surface area contributed by atoms with Crippen molar-refractivity contribution in [2.75, 3.05) is 13.1 Å². The van der Waals surface area contributed by atoms with Crippen molar-refractivity contribution in [2.45, 2.75) is 57.7 Å². The van der Waals surface area contributed by atoms with Gasteiger partial charge in [0.25, 0.3) is 0 Å². The van der Waals surface area contributed by atoms with E-state index in [1.807, 2.05) is 0 Å². The van der Waals surface area contributed by atoms with Gasteiger partial charge >= 0.3 is 11.9 Å². The Hall–Kier alpha value is -3.42. The second kappa shape index (κ2) is 14.6. The van der Waals surface area contributed by atoms with E-state index in [0.717, 1.165) is 0 Å². The summed E-state index contributed by atoms with van der Waals surface area (Å²) in [7, 11) is 0. The van der Waals surface area contributed by atoms with Crippen LogP contribution in [0.25, 0.3) is 0 Å². The number of nitrogens with two attached hydrogens (primary N) is 3. The standard InChI is InChI=1S/C18H33N7O7/c1-9(2)14(25-15(29)10(19)4-3-7-22-18(20)21)16(30)23-8-12(26)24-11(17(31)32)5-6-13(27)28/h9-11,14H,3-8,19H2,1-2H3,(H,23,30)(H,24,26)(H,25,29)(H,27,28)(H,31,32)(H4,20,21,22). The lowest BCUT2D eigenvalue weighted by atomic mass is 10.0. The van der Waals surface area contributed by atoms with Gasteiger partial charge in [0.05, 0.1) is 12.6 Å². The van der Waals surface area contributed by atoms with Crippen LogP contribution >= 0.6 is 0 Å². The Morgan fingerprint density at radius 3 is 2.09 bits per heavy atom. The summed E-state index contributed by atoms with van der Waals surface area (Å²) in [4.78, 5) is 62.2. The molecule has 0 rings (SSSR count). The molecule has 0 radical (unpaired) electrons. The van der Waals surface area contributed by atoms with Crippen molar-refractivity contribution in [2.24, 2.45) is 28.1 Å². The Kier molecular flexibility index (Phi) is 13.0. The third-order valence-corrected chi connectivity index (χ3v) is 4.25. The zero-order valence-corrected chi connectivity index (χ0v) is 18.2. The van der Waals surface area contributed by atoms with Crippen LogP contribution in [-0.2, 0) is 24.0 Å². The molecule has 0 saturated heterocycles. The Morgan fingerprint density at radius 2 is 1.59 bits per heavy atom. The maximum atomic E-state index is 12.4. The van der Waals surface area contributed by atoms with Gasteiger partial charge in [-0.15, -0.1) is 0 Å². The van der Waals surface area contributed by atoms with E-state index < -0.39 is 60.8 Å². The summed E-state index contributed by atoms with van der Waals surface area (Å²) in [6.45, 7) is 3.11. The van der Waals surface area contributed by atoms with Crippen LogP contribution in [0.2, 0.25) is 0 Å². The minimum atomic E-state index is -1.41. The van der Waals surface area contributed by atoms with Crippen molar-refractivity contribution in [1.82, 2.24) is 16.0 Å². The number of rotatable bonds is 15. The van der Waals surface area contributed by atoms with Gasteiger partial charge in [0.15, 0.2) is 5.96 Å². The van der Waals surface area contributed by atoms with Gasteiger partial charge in [0.2, 0.25) is 17.7 Å². The first-order chi connectivity index (χ1) is 14.8. The molecular formula is C18H33N7O7. The van der Waals surface area contributed by atoms with E-state index in [9.17, 15) is 24.0 Å². The van der Waals surface area contributed by atoms with E-state index in [4.69, 9.17) is 27.4 Å². The largest absolute Gasteiger partial charge is 0.481 e. The molecule has 0 aliphatic rings. The van der Waals surface area contributed by atoms with Crippen molar-refractivity contribution >= 4 is 35.6 Å². The molecule has 0 heterocycles. The fraction of sp³-hybridized carbons (Fsp3) is 0.667. The molecular weight excluding hydrogens is 426 g/mol. The van der Waals surface area contributed by atoms with Gasteiger partial charge in [0, 0.05) is 13.0 Å². The van der Waals surface area contributed by atoms with E-state index in [1.165, 1.54) is 0 Å². The lowest BCUT2D eigenvalue weighted by Crippen LogP contribution is -2.55. The molecule has 0 aromatic heterocycles. The molecule has 3 unspecified atom stereocenters. The van der Waals surface area contributed by atoms with Gasteiger partial charge in [0.1, 0.15) is 12.1 Å². The summed E-state index contributed by atoms with van der Waals surface area (Å²) in [5.74, 6) is -5.04. The molecule has 0 spiro atoms. The first-order valence-electron chi connectivity index (χ1n) is 9.98. The molecule has 11 N–H and O–H groups in total. The number of carbonyl (C=O) groups is 5.